The van der Waals surface area contributed by atoms with Gasteiger partial charge in [0, 0.05) is 6.42 Å². The summed E-state index contributed by atoms with van der Waals surface area (Å²) in [6.07, 6.45) is -0.944. The van der Waals surface area contributed by atoms with Crippen molar-refractivity contribution >= 4 is 29.3 Å². The first-order chi connectivity index (χ1) is 15.5. The van der Waals surface area contributed by atoms with Crippen LogP contribution in [0.4, 0.5) is 13.2 Å². The molecule has 0 radical (unpaired) electrons. The van der Waals surface area contributed by atoms with Gasteiger partial charge >= 0.3 is 18.3 Å². The molecule has 33 heavy (non-hydrogen) atoms. The average molecular weight is 483 g/mol. The number of halogens is 3. The van der Waals surface area contributed by atoms with Gasteiger partial charge in [0.05, 0.1) is 5.92 Å². The number of carbonyl (C=O) groups excluding carboxylic acids is 1. The van der Waals surface area contributed by atoms with E-state index in [0.29, 0.717) is 17.3 Å². The van der Waals surface area contributed by atoms with Crippen molar-refractivity contribution in [3.05, 3.63) is 59.8 Å². The van der Waals surface area contributed by atoms with E-state index in [0.717, 1.165) is 10.2 Å². The number of aromatic nitrogens is 3. The molecule has 2 aromatic rings. The van der Waals surface area contributed by atoms with Crippen LogP contribution in [-0.4, -0.2) is 43.3 Å². The minimum Gasteiger partial charge on any atom is -0.476 e. The Kier molecular flexibility index (Phi) is 7.28. The number of benzene rings is 1. The molecule has 1 aromatic heterocycles. The number of thioether (sulfide) groups is 1. The number of ether oxygens (including phenoxy) is 2. The summed E-state index contributed by atoms with van der Waals surface area (Å²) >= 11 is 0.463. The van der Waals surface area contributed by atoms with Crippen molar-refractivity contribution in [1.29, 1.82) is 0 Å². The van der Waals surface area contributed by atoms with Crippen LogP contribution < -0.4 is 0 Å². The first-order valence-corrected chi connectivity index (χ1v) is 10.6. The number of carboxylic acid groups (broad SMARTS) is 1. The lowest BCUT2D eigenvalue weighted by Crippen LogP contribution is -2.34. The Labute approximate surface area is 191 Å². The molecule has 12 heteroatoms. The SMILES string of the molecule is CC(C)C(=O)OCn1nnc(SC2(OC(F)(F)F)C=CC(c3ccccc3)=CC2)c1C(=O)O. The molecule has 1 aliphatic carbocycles. The summed E-state index contributed by atoms with van der Waals surface area (Å²) in [5, 5.41) is 16.6. The molecule has 0 saturated heterocycles. The Hall–Kier alpha value is -3.12. The molecule has 0 amide bonds. The van der Waals surface area contributed by atoms with Gasteiger partial charge in [-0.15, -0.1) is 18.3 Å². The van der Waals surface area contributed by atoms with E-state index in [-0.39, 0.29) is 11.4 Å². The Morgan fingerprint density at radius 2 is 1.97 bits per heavy atom. The molecule has 1 atom stereocenters. The molecule has 176 valence electrons. The van der Waals surface area contributed by atoms with Gasteiger partial charge in [0.2, 0.25) is 0 Å². The number of hydrogen-bond acceptors (Lipinski definition) is 7. The molecular weight excluding hydrogens is 463 g/mol. The number of nitrogens with zero attached hydrogens (tertiary/aromatic N) is 3. The highest BCUT2D eigenvalue weighted by Gasteiger charge is 2.45. The third kappa shape index (κ3) is 6.23. The quantitative estimate of drug-likeness (QED) is 0.432. The number of carbonyl (C=O) groups is 2. The molecule has 0 fully saturated rings. The van der Waals surface area contributed by atoms with Crippen molar-refractivity contribution in [1.82, 2.24) is 15.0 Å². The van der Waals surface area contributed by atoms with Crippen LogP contribution in [0.2, 0.25) is 0 Å². The minimum absolute atomic E-state index is 0.216. The summed E-state index contributed by atoms with van der Waals surface area (Å²) < 4.78 is 49.9. The summed E-state index contributed by atoms with van der Waals surface area (Å²) in [5.74, 6) is -2.55. The van der Waals surface area contributed by atoms with Crippen LogP contribution in [0.1, 0.15) is 36.3 Å². The maximum Gasteiger partial charge on any atom is 0.524 e. The van der Waals surface area contributed by atoms with Gasteiger partial charge in [-0.1, -0.05) is 73.3 Å². The van der Waals surface area contributed by atoms with E-state index in [4.69, 9.17) is 4.74 Å². The van der Waals surface area contributed by atoms with Gasteiger partial charge in [-0.25, -0.2) is 9.48 Å². The van der Waals surface area contributed by atoms with E-state index >= 15 is 0 Å². The monoisotopic (exact) mass is 483 g/mol. The van der Waals surface area contributed by atoms with Crippen molar-refractivity contribution in [2.45, 2.75) is 43.3 Å². The highest BCUT2D eigenvalue weighted by Crippen LogP contribution is 2.45. The number of allylic oxidation sites excluding steroid dienone is 2. The summed E-state index contributed by atoms with van der Waals surface area (Å²) in [4.78, 5) is 21.5. The fourth-order valence-electron chi connectivity index (χ4n) is 2.93. The molecule has 3 rings (SSSR count). The third-order valence-electron chi connectivity index (χ3n) is 4.50. The molecule has 0 bridgehead atoms. The second-order valence-electron chi connectivity index (χ2n) is 7.32. The van der Waals surface area contributed by atoms with Gasteiger partial charge in [-0.3, -0.25) is 9.53 Å². The fraction of sp³-hybridized carbons (Fsp3) is 0.333. The van der Waals surface area contributed by atoms with Crippen LogP contribution in [0.25, 0.3) is 5.57 Å². The van der Waals surface area contributed by atoms with Gasteiger partial charge in [0.15, 0.2) is 22.4 Å². The van der Waals surface area contributed by atoms with Crippen LogP contribution in [0, 0.1) is 5.92 Å². The standard InChI is InChI=1S/C21H20F3N3O5S/c1-13(2)19(30)31-12-27-16(18(28)29)17(25-26-27)33-20(32-21(22,23)24)10-8-15(9-11-20)14-6-4-3-5-7-14/h3-10,13H,11-12H2,1-2H3,(H,28,29). The van der Waals surface area contributed by atoms with Crippen molar-refractivity contribution < 1.29 is 37.3 Å². The van der Waals surface area contributed by atoms with E-state index in [1.165, 1.54) is 12.2 Å². The normalized spacial score (nSPS) is 18.3. The molecule has 0 spiro atoms. The number of carboxylic acids is 1. The predicted octanol–water partition coefficient (Wildman–Crippen LogP) is 4.50. The minimum atomic E-state index is -5.00. The van der Waals surface area contributed by atoms with Crippen LogP contribution in [0.5, 0.6) is 0 Å². The third-order valence-corrected chi connectivity index (χ3v) is 5.70. The molecule has 0 saturated carbocycles. The predicted molar refractivity (Wildman–Crippen MR) is 112 cm³/mol. The van der Waals surface area contributed by atoms with Crippen LogP contribution in [0.3, 0.4) is 0 Å². The van der Waals surface area contributed by atoms with E-state index in [2.05, 4.69) is 15.0 Å². The Morgan fingerprint density at radius 1 is 1.27 bits per heavy atom. The lowest BCUT2D eigenvalue weighted by atomic mass is 9.98. The highest BCUT2D eigenvalue weighted by atomic mass is 32.2. The van der Waals surface area contributed by atoms with Crippen molar-refractivity contribution in [2.24, 2.45) is 5.92 Å². The first kappa shape index (κ1) is 24.5. The highest BCUT2D eigenvalue weighted by molar-refractivity contribution is 8.00. The van der Waals surface area contributed by atoms with Crippen LogP contribution in [-0.2, 0) is 21.0 Å². The molecule has 1 heterocycles. The number of esters is 1. The second kappa shape index (κ2) is 9.79. The summed E-state index contributed by atoms with van der Waals surface area (Å²) in [5.41, 5.74) is 0.983. The molecule has 8 nitrogen and oxygen atoms in total. The Bertz CT molecular complexity index is 1080. The van der Waals surface area contributed by atoms with E-state index in [1.807, 2.05) is 18.2 Å². The van der Waals surface area contributed by atoms with E-state index in [9.17, 15) is 27.9 Å². The van der Waals surface area contributed by atoms with Crippen molar-refractivity contribution in [3.63, 3.8) is 0 Å². The summed E-state index contributed by atoms with van der Waals surface area (Å²) in [6.45, 7) is 2.63. The van der Waals surface area contributed by atoms with Gasteiger partial charge in [-0.05, 0) is 17.2 Å². The first-order valence-electron chi connectivity index (χ1n) is 9.74. The summed E-state index contributed by atoms with van der Waals surface area (Å²) in [7, 11) is 0. The lowest BCUT2D eigenvalue weighted by molar-refractivity contribution is -0.342. The number of rotatable bonds is 8. The van der Waals surface area contributed by atoms with Gasteiger partial charge in [0.25, 0.3) is 0 Å². The molecule has 1 N–H and O–H groups in total. The van der Waals surface area contributed by atoms with Gasteiger partial charge < -0.3 is 9.84 Å². The number of alkyl halides is 3. The Balaban J connectivity index is 1.89. The topological polar surface area (TPSA) is 104 Å². The molecular formula is C21H20F3N3O5S. The average Bonchev–Trinajstić information content (AvgIpc) is 3.14. The second-order valence-corrected chi connectivity index (χ2v) is 8.60. The zero-order valence-corrected chi connectivity index (χ0v) is 18.4. The lowest BCUT2D eigenvalue weighted by Gasteiger charge is -2.31. The largest absolute Gasteiger partial charge is 0.524 e. The van der Waals surface area contributed by atoms with Gasteiger partial charge in [-0.2, -0.15) is 0 Å². The number of aromatic carboxylic acids is 1. The van der Waals surface area contributed by atoms with Crippen molar-refractivity contribution in [3.8, 4) is 0 Å². The zero-order chi connectivity index (χ0) is 24.2. The van der Waals surface area contributed by atoms with Gasteiger partial charge in [0.1, 0.15) is 0 Å². The molecule has 1 unspecified atom stereocenters. The van der Waals surface area contributed by atoms with Crippen molar-refractivity contribution in [2.75, 3.05) is 0 Å². The molecule has 1 aromatic carbocycles. The fourth-order valence-corrected chi connectivity index (χ4v) is 4.06. The van der Waals surface area contributed by atoms with E-state index in [1.54, 1.807) is 32.1 Å². The maximum absolute atomic E-state index is 13.3. The Morgan fingerprint density at radius 3 is 2.52 bits per heavy atom. The smallest absolute Gasteiger partial charge is 0.476 e. The van der Waals surface area contributed by atoms with Crippen LogP contribution >= 0.6 is 11.8 Å². The van der Waals surface area contributed by atoms with Crippen LogP contribution in [0.15, 0.2) is 53.6 Å². The molecule has 1 aliphatic rings. The van der Waals surface area contributed by atoms with E-state index < -0.39 is 41.6 Å². The molecule has 0 aliphatic heterocycles. The maximum atomic E-state index is 13.3. The number of hydrogen-bond donors (Lipinski definition) is 1. The zero-order valence-electron chi connectivity index (χ0n) is 17.6. The summed E-state index contributed by atoms with van der Waals surface area (Å²) in [6, 6.07) is 9.05.